The summed E-state index contributed by atoms with van der Waals surface area (Å²) in [6, 6.07) is 8.10. The number of aryl methyl sites for hydroxylation is 1. The van der Waals surface area contributed by atoms with E-state index >= 15 is 0 Å². The molecule has 1 aliphatic carbocycles. The summed E-state index contributed by atoms with van der Waals surface area (Å²) in [5.74, 6) is 1.94. The maximum absolute atomic E-state index is 11.8. The number of carbonyl (C=O) groups is 1. The topological polar surface area (TPSA) is 38.3 Å². The van der Waals surface area contributed by atoms with Crippen LogP contribution in [0.2, 0.25) is 0 Å². The van der Waals surface area contributed by atoms with E-state index in [1.165, 1.54) is 18.4 Å². The lowest BCUT2D eigenvalue weighted by atomic mass is 10.1. The van der Waals surface area contributed by atoms with E-state index < -0.39 is 0 Å². The Bertz CT molecular complexity index is 409. The molecule has 1 amide bonds. The molecule has 1 saturated carbocycles. The Hall–Kier alpha value is -1.51. The van der Waals surface area contributed by atoms with Crippen molar-refractivity contribution in [3.05, 3.63) is 29.8 Å². The van der Waals surface area contributed by atoms with E-state index in [0.717, 1.165) is 25.1 Å². The molecule has 1 fully saturated rings. The van der Waals surface area contributed by atoms with Gasteiger partial charge in [-0.3, -0.25) is 4.79 Å². The molecule has 1 unspecified atom stereocenters. The van der Waals surface area contributed by atoms with Crippen molar-refractivity contribution in [2.24, 2.45) is 11.8 Å². The van der Waals surface area contributed by atoms with Gasteiger partial charge in [0.25, 0.3) is 0 Å². The van der Waals surface area contributed by atoms with Crippen molar-refractivity contribution in [3.63, 3.8) is 0 Å². The molecule has 19 heavy (non-hydrogen) atoms. The van der Waals surface area contributed by atoms with Crippen molar-refractivity contribution < 1.29 is 9.53 Å². The Labute approximate surface area is 115 Å². The molecule has 1 N–H and O–H groups in total. The molecule has 0 heterocycles. The minimum absolute atomic E-state index is 0.195. The highest BCUT2D eigenvalue weighted by Gasteiger charge is 2.32. The minimum Gasteiger partial charge on any atom is -0.497 e. The lowest BCUT2D eigenvalue weighted by Gasteiger charge is -2.11. The number of ether oxygens (including phenoxy) is 1. The van der Waals surface area contributed by atoms with E-state index in [-0.39, 0.29) is 11.8 Å². The highest BCUT2D eigenvalue weighted by Crippen LogP contribution is 2.36. The van der Waals surface area contributed by atoms with Gasteiger partial charge in [0.05, 0.1) is 7.11 Å². The molecule has 0 bridgehead atoms. The number of methoxy groups -OCH3 is 1. The zero-order valence-corrected chi connectivity index (χ0v) is 11.8. The van der Waals surface area contributed by atoms with Crippen molar-refractivity contribution in [1.29, 1.82) is 0 Å². The molecule has 3 nitrogen and oxygen atoms in total. The maximum Gasteiger partial charge on any atom is 0.223 e. The summed E-state index contributed by atoms with van der Waals surface area (Å²) in [5, 5.41) is 3.03. The molecule has 3 heteroatoms. The zero-order valence-electron chi connectivity index (χ0n) is 11.8. The first-order valence-corrected chi connectivity index (χ1v) is 7.11. The van der Waals surface area contributed by atoms with E-state index in [9.17, 15) is 4.79 Å². The number of hydrogen-bond acceptors (Lipinski definition) is 2. The van der Waals surface area contributed by atoms with Gasteiger partial charge in [-0.2, -0.15) is 0 Å². The fraction of sp³-hybridized carbons (Fsp3) is 0.562. The number of amides is 1. The maximum atomic E-state index is 11.8. The molecule has 0 aliphatic heterocycles. The summed E-state index contributed by atoms with van der Waals surface area (Å²) in [6.07, 6.45) is 4.42. The second kappa shape index (κ2) is 6.60. The van der Waals surface area contributed by atoms with E-state index in [1.807, 2.05) is 19.1 Å². The molecule has 1 aliphatic rings. The van der Waals surface area contributed by atoms with Crippen LogP contribution in [0.4, 0.5) is 0 Å². The third-order valence-corrected chi connectivity index (χ3v) is 3.84. The average molecular weight is 261 g/mol. The summed E-state index contributed by atoms with van der Waals surface area (Å²) < 4.78 is 5.12. The predicted octanol–water partition coefficient (Wildman–Crippen LogP) is 2.79. The van der Waals surface area contributed by atoms with Gasteiger partial charge in [-0.1, -0.05) is 19.1 Å². The first-order valence-electron chi connectivity index (χ1n) is 7.11. The van der Waals surface area contributed by atoms with E-state index in [4.69, 9.17) is 4.74 Å². The van der Waals surface area contributed by atoms with E-state index in [1.54, 1.807) is 7.11 Å². The molecule has 1 aromatic carbocycles. The SMILES string of the molecule is COc1ccc(CCCNC(=O)C(C)C2CC2)cc1. The molecule has 0 spiro atoms. The summed E-state index contributed by atoms with van der Waals surface area (Å²) >= 11 is 0. The molecule has 1 atom stereocenters. The lowest BCUT2D eigenvalue weighted by Crippen LogP contribution is -2.31. The van der Waals surface area contributed by atoms with Crippen LogP contribution >= 0.6 is 0 Å². The van der Waals surface area contributed by atoms with Crippen LogP contribution in [0.15, 0.2) is 24.3 Å². The normalized spacial score (nSPS) is 15.9. The van der Waals surface area contributed by atoms with Crippen molar-refractivity contribution in [2.75, 3.05) is 13.7 Å². The summed E-state index contributed by atoms with van der Waals surface area (Å²) in [6.45, 7) is 2.80. The average Bonchev–Trinajstić information content (AvgIpc) is 3.27. The number of benzene rings is 1. The molecule has 0 radical (unpaired) electrons. The Kier molecular flexibility index (Phi) is 4.83. The molecular weight excluding hydrogens is 238 g/mol. The third kappa shape index (κ3) is 4.27. The third-order valence-electron chi connectivity index (χ3n) is 3.84. The number of rotatable bonds is 7. The minimum atomic E-state index is 0.195. The van der Waals surface area contributed by atoms with Crippen molar-refractivity contribution >= 4 is 5.91 Å². The molecule has 0 saturated heterocycles. The van der Waals surface area contributed by atoms with E-state index in [0.29, 0.717) is 5.92 Å². The lowest BCUT2D eigenvalue weighted by molar-refractivity contribution is -0.125. The van der Waals surface area contributed by atoms with Gasteiger partial charge in [-0.25, -0.2) is 0 Å². The second-order valence-electron chi connectivity index (χ2n) is 5.37. The molecule has 104 valence electrons. The fourth-order valence-corrected chi connectivity index (χ4v) is 2.27. The van der Waals surface area contributed by atoms with Crippen molar-refractivity contribution in [2.45, 2.75) is 32.6 Å². The molecular formula is C16H23NO2. The van der Waals surface area contributed by atoms with Gasteiger partial charge >= 0.3 is 0 Å². The van der Waals surface area contributed by atoms with Crippen LogP contribution in [0.1, 0.15) is 31.7 Å². The summed E-state index contributed by atoms with van der Waals surface area (Å²) in [5.41, 5.74) is 1.28. The van der Waals surface area contributed by atoms with Crippen LogP contribution in [-0.4, -0.2) is 19.6 Å². The first-order chi connectivity index (χ1) is 9.20. The van der Waals surface area contributed by atoms with Gasteiger partial charge in [-0.05, 0) is 49.3 Å². The predicted molar refractivity (Wildman–Crippen MR) is 76.2 cm³/mol. The van der Waals surface area contributed by atoms with Gasteiger partial charge in [0, 0.05) is 12.5 Å². The number of hydrogen-bond donors (Lipinski definition) is 1. The highest BCUT2D eigenvalue weighted by molar-refractivity contribution is 5.78. The molecule has 1 aromatic rings. The monoisotopic (exact) mass is 261 g/mol. The highest BCUT2D eigenvalue weighted by atomic mass is 16.5. The van der Waals surface area contributed by atoms with Crippen molar-refractivity contribution in [3.8, 4) is 5.75 Å². The Morgan fingerprint density at radius 2 is 2.05 bits per heavy atom. The summed E-state index contributed by atoms with van der Waals surface area (Å²) in [4.78, 5) is 11.8. The van der Waals surface area contributed by atoms with Gasteiger partial charge < -0.3 is 10.1 Å². The second-order valence-corrected chi connectivity index (χ2v) is 5.37. The van der Waals surface area contributed by atoms with Gasteiger partial charge in [0.2, 0.25) is 5.91 Å². The van der Waals surface area contributed by atoms with Gasteiger partial charge in [-0.15, -0.1) is 0 Å². The fourth-order valence-electron chi connectivity index (χ4n) is 2.27. The largest absolute Gasteiger partial charge is 0.497 e. The Morgan fingerprint density at radius 1 is 1.37 bits per heavy atom. The smallest absolute Gasteiger partial charge is 0.223 e. The standard InChI is InChI=1S/C16H23NO2/c1-12(14-7-8-14)16(18)17-11-3-4-13-5-9-15(19-2)10-6-13/h5-6,9-10,12,14H,3-4,7-8,11H2,1-2H3,(H,17,18). The zero-order chi connectivity index (χ0) is 13.7. The van der Waals surface area contributed by atoms with Gasteiger partial charge in [0.15, 0.2) is 0 Å². The summed E-state index contributed by atoms with van der Waals surface area (Å²) in [7, 11) is 1.67. The molecule has 2 rings (SSSR count). The Morgan fingerprint density at radius 3 is 2.63 bits per heavy atom. The number of nitrogens with one attached hydrogen (secondary N) is 1. The molecule has 0 aromatic heterocycles. The quantitative estimate of drug-likeness (QED) is 0.766. The van der Waals surface area contributed by atoms with Crippen LogP contribution in [0.3, 0.4) is 0 Å². The first kappa shape index (κ1) is 13.9. The van der Waals surface area contributed by atoms with Gasteiger partial charge in [0.1, 0.15) is 5.75 Å². The van der Waals surface area contributed by atoms with Crippen LogP contribution in [-0.2, 0) is 11.2 Å². The van der Waals surface area contributed by atoms with Crippen molar-refractivity contribution in [1.82, 2.24) is 5.32 Å². The van der Waals surface area contributed by atoms with Crippen LogP contribution < -0.4 is 10.1 Å². The van der Waals surface area contributed by atoms with Crippen LogP contribution in [0, 0.1) is 11.8 Å². The van der Waals surface area contributed by atoms with E-state index in [2.05, 4.69) is 17.4 Å². The Balaban J connectivity index is 1.64. The van der Waals surface area contributed by atoms with Crippen LogP contribution in [0.25, 0.3) is 0 Å². The van der Waals surface area contributed by atoms with Crippen LogP contribution in [0.5, 0.6) is 5.75 Å². The number of carbonyl (C=O) groups excluding carboxylic acids is 1.